The van der Waals surface area contributed by atoms with Crippen molar-refractivity contribution in [2.75, 3.05) is 26.2 Å². The second kappa shape index (κ2) is 7.31. The molecule has 0 saturated heterocycles. The Hall–Kier alpha value is -3.02. The molecule has 0 N–H and O–H groups in total. The molecule has 23 heavy (non-hydrogen) atoms. The smallest absolute Gasteiger partial charge is 0.419 e. The summed E-state index contributed by atoms with van der Waals surface area (Å²) in [6, 6.07) is 13.6. The van der Waals surface area contributed by atoms with Gasteiger partial charge in [-0.15, -0.1) is 0 Å². The van der Waals surface area contributed by atoms with E-state index in [9.17, 15) is 9.59 Å². The summed E-state index contributed by atoms with van der Waals surface area (Å²) < 4.78 is 15.1. The zero-order chi connectivity index (χ0) is 16.8. The Balaban J connectivity index is 2.19. The highest BCUT2D eigenvalue weighted by Crippen LogP contribution is 2.25. The Labute approximate surface area is 134 Å². The summed E-state index contributed by atoms with van der Waals surface area (Å²) in [5.74, 6) is -0.0109. The van der Waals surface area contributed by atoms with Gasteiger partial charge in [-0.05, 0) is 30.3 Å². The van der Waals surface area contributed by atoms with E-state index < -0.39 is 12.1 Å². The number of ether oxygens (including phenoxy) is 3. The molecule has 2 rings (SSSR count). The molecule has 0 unspecified atom stereocenters. The molecule has 0 fully saturated rings. The molecular weight excluding hydrogens is 298 g/mol. The van der Waals surface area contributed by atoms with E-state index in [2.05, 4.69) is 4.74 Å². The average molecular weight is 315 g/mol. The molecule has 0 radical (unpaired) electrons. The first-order chi connectivity index (χ1) is 11.1. The van der Waals surface area contributed by atoms with Crippen LogP contribution in [0, 0.1) is 0 Å². The van der Waals surface area contributed by atoms with E-state index in [4.69, 9.17) is 9.47 Å². The molecule has 2 aromatic carbocycles. The van der Waals surface area contributed by atoms with Gasteiger partial charge in [0.05, 0.1) is 14.2 Å². The predicted molar refractivity (Wildman–Crippen MR) is 85.2 cm³/mol. The Morgan fingerprint density at radius 1 is 1.00 bits per heavy atom. The van der Waals surface area contributed by atoms with Crippen molar-refractivity contribution in [2.24, 2.45) is 0 Å². The lowest BCUT2D eigenvalue weighted by Crippen LogP contribution is -2.29. The molecule has 6 nitrogen and oxygen atoms in total. The third kappa shape index (κ3) is 3.79. The molecule has 0 saturated carbocycles. The molecule has 2 aromatic rings. The van der Waals surface area contributed by atoms with Crippen LogP contribution in [0.1, 0.15) is 10.4 Å². The van der Waals surface area contributed by atoms with Crippen LogP contribution >= 0.6 is 0 Å². The standard InChI is InChI=1S/C17H17NO5/c1-18(12-7-5-4-6-8-12)17(20)23-13-9-10-15(21-2)14(11-13)16(19)22-3/h4-11H,1-3H3. The molecule has 0 aromatic heterocycles. The van der Waals surface area contributed by atoms with E-state index in [1.807, 2.05) is 18.2 Å². The molecule has 0 bridgehead atoms. The highest BCUT2D eigenvalue weighted by atomic mass is 16.6. The van der Waals surface area contributed by atoms with Crippen LogP contribution < -0.4 is 14.4 Å². The molecule has 0 atom stereocenters. The van der Waals surface area contributed by atoms with Gasteiger partial charge in [-0.3, -0.25) is 4.90 Å². The summed E-state index contributed by atoms with van der Waals surface area (Å²) in [5.41, 5.74) is 0.877. The van der Waals surface area contributed by atoms with Crippen LogP contribution in [0.25, 0.3) is 0 Å². The number of esters is 1. The lowest BCUT2D eigenvalue weighted by Gasteiger charge is -2.17. The van der Waals surface area contributed by atoms with Crippen molar-refractivity contribution < 1.29 is 23.8 Å². The third-order valence-electron chi connectivity index (χ3n) is 3.20. The maximum Gasteiger partial charge on any atom is 0.419 e. The van der Waals surface area contributed by atoms with Crippen LogP contribution in [-0.4, -0.2) is 33.3 Å². The van der Waals surface area contributed by atoms with Crippen LogP contribution in [-0.2, 0) is 4.74 Å². The highest BCUT2D eigenvalue weighted by molar-refractivity contribution is 5.93. The lowest BCUT2D eigenvalue weighted by atomic mass is 10.2. The fourth-order valence-electron chi connectivity index (χ4n) is 1.95. The monoisotopic (exact) mass is 315 g/mol. The summed E-state index contributed by atoms with van der Waals surface area (Å²) in [6.07, 6.45) is -0.572. The van der Waals surface area contributed by atoms with Crippen LogP contribution in [0.15, 0.2) is 48.5 Å². The number of amides is 1. The van der Waals surface area contributed by atoms with E-state index in [-0.39, 0.29) is 11.3 Å². The van der Waals surface area contributed by atoms with E-state index in [1.54, 1.807) is 25.2 Å². The topological polar surface area (TPSA) is 65.1 Å². The van der Waals surface area contributed by atoms with Gasteiger partial charge in [0.25, 0.3) is 0 Å². The second-order valence-electron chi connectivity index (χ2n) is 4.62. The minimum atomic E-state index is -0.573. The van der Waals surface area contributed by atoms with Gasteiger partial charge < -0.3 is 14.2 Å². The van der Waals surface area contributed by atoms with E-state index >= 15 is 0 Å². The Kier molecular flexibility index (Phi) is 5.19. The molecule has 0 aliphatic carbocycles. The third-order valence-corrected chi connectivity index (χ3v) is 3.20. The number of hydrogen-bond donors (Lipinski definition) is 0. The number of hydrogen-bond acceptors (Lipinski definition) is 5. The van der Waals surface area contributed by atoms with Gasteiger partial charge in [0, 0.05) is 12.7 Å². The molecular formula is C17H17NO5. The molecule has 0 spiro atoms. The van der Waals surface area contributed by atoms with Gasteiger partial charge in [0.15, 0.2) is 0 Å². The zero-order valence-electron chi connectivity index (χ0n) is 13.1. The molecule has 120 valence electrons. The van der Waals surface area contributed by atoms with Crippen LogP contribution in [0.3, 0.4) is 0 Å². The largest absolute Gasteiger partial charge is 0.496 e. The average Bonchev–Trinajstić information content (AvgIpc) is 2.61. The van der Waals surface area contributed by atoms with Gasteiger partial charge in [0.1, 0.15) is 17.1 Å². The van der Waals surface area contributed by atoms with Crippen molar-refractivity contribution in [2.45, 2.75) is 0 Å². The summed E-state index contributed by atoms with van der Waals surface area (Å²) in [5, 5.41) is 0. The fourth-order valence-corrected chi connectivity index (χ4v) is 1.95. The van der Waals surface area contributed by atoms with Gasteiger partial charge in [0.2, 0.25) is 0 Å². The van der Waals surface area contributed by atoms with Crippen molar-refractivity contribution in [3.63, 3.8) is 0 Å². The number of carbonyl (C=O) groups excluding carboxylic acids is 2. The first kappa shape index (κ1) is 16.4. The molecule has 0 aliphatic heterocycles. The SMILES string of the molecule is COC(=O)c1cc(OC(=O)N(C)c2ccccc2)ccc1OC. The van der Waals surface area contributed by atoms with Crippen molar-refractivity contribution in [1.82, 2.24) is 0 Å². The Bertz CT molecular complexity index is 699. The van der Waals surface area contributed by atoms with Crippen LogP contribution in [0.5, 0.6) is 11.5 Å². The van der Waals surface area contributed by atoms with E-state index in [0.29, 0.717) is 11.4 Å². The van der Waals surface area contributed by atoms with E-state index in [0.717, 1.165) is 0 Å². The van der Waals surface area contributed by atoms with Gasteiger partial charge >= 0.3 is 12.1 Å². The van der Waals surface area contributed by atoms with Gasteiger partial charge in [-0.25, -0.2) is 9.59 Å². The maximum absolute atomic E-state index is 12.2. The summed E-state index contributed by atoms with van der Waals surface area (Å²) in [4.78, 5) is 25.3. The number of para-hydroxylation sites is 1. The molecule has 0 heterocycles. The van der Waals surface area contributed by atoms with Crippen molar-refractivity contribution in [1.29, 1.82) is 0 Å². The maximum atomic E-state index is 12.2. The van der Waals surface area contributed by atoms with Gasteiger partial charge in [-0.2, -0.15) is 0 Å². The number of benzene rings is 2. The minimum absolute atomic E-state index is 0.183. The molecule has 0 aliphatic rings. The number of nitrogens with zero attached hydrogens (tertiary/aromatic N) is 1. The van der Waals surface area contributed by atoms with Crippen molar-refractivity contribution in [3.05, 3.63) is 54.1 Å². The highest BCUT2D eigenvalue weighted by Gasteiger charge is 2.17. The van der Waals surface area contributed by atoms with Crippen molar-refractivity contribution >= 4 is 17.7 Å². The summed E-state index contributed by atoms with van der Waals surface area (Å²) in [6.45, 7) is 0. The predicted octanol–water partition coefficient (Wildman–Crippen LogP) is 3.12. The fraction of sp³-hybridized carbons (Fsp3) is 0.176. The minimum Gasteiger partial charge on any atom is -0.496 e. The Morgan fingerprint density at radius 2 is 1.70 bits per heavy atom. The lowest BCUT2D eigenvalue weighted by molar-refractivity contribution is 0.0596. The quantitative estimate of drug-likeness (QED) is 0.811. The van der Waals surface area contributed by atoms with Crippen molar-refractivity contribution in [3.8, 4) is 11.5 Å². The van der Waals surface area contributed by atoms with Gasteiger partial charge in [-0.1, -0.05) is 18.2 Å². The first-order valence-corrected chi connectivity index (χ1v) is 6.83. The molecule has 6 heteroatoms. The first-order valence-electron chi connectivity index (χ1n) is 6.83. The number of carbonyl (C=O) groups is 2. The summed E-state index contributed by atoms with van der Waals surface area (Å²) >= 11 is 0. The molecule has 1 amide bonds. The second-order valence-corrected chi connectivity index (χ2v) is 4.62. The number of anilines is 1. The van der Waals surface area contributed by atoms with Crippen LogP contribution in [0.2, 0.25) is 0 Å². The number of methoxy groups -OCH3 is 2. The zero-order valence-corrected chi connectivity index (χ0v) is 13.1. The van der Waals surface area contributed by atoms with E-state index in [1.165, 1.54) is 31.3 Å². The summed E-state index contributed by atoms with van der Waals surface area (Å²) in [7, 11) is 4.31. The Morgan fingerprint density at radius 3 is 2.30 bits per heavy atom. The number of rotatable bonds is 4. The van der Waals surface area contributed by atoms with Crippen LogP contribution in [0.4, 0.5) is 10.5 Å². The normalized spacial score (nSPS) is 9.87.